The predicted molar refractivity (Wildman–Crippen MR) is 90.1 cm³/mol. The van der Waals surface area contributed by atoms with E-state index in [1.165, 1.54) is 38.4 Å². The molecule has 1 rings (SSSR count). The molecule has 0 saturated carbocycles. The monoisotopic (exact) mass is 340 g/mol. The summed E-state index contributed by atoms with van der Waals surface area (Å²) in [5.41, 5.74) is -1.78. The molecule has 1 aromatic carbocycles. The van der Waals surface area contributed by atoms with Crippen LogP contribution >= 0.6 is 0 Å². The number of rotatable bonds is 8. The van der Waals surface area contributed by atoms with Crippen molar-refractivity contribution < 1.29 is 30.6 Å². The lowest BCUT2D eigenvalue weighted by atomic mass is 10.1. The number of aliphatic imine (C=N–C) groups is 2. The van der Waals surface area contributed by atoms with Gasteiger partial charge in [-0.15, -0.1) is 0 Å². The molecule has 0 heterocycles. The molecule has 8 nitrogen and oxygen atoms in total. The van der Waals surface area contributed by atoms with Gasteiger partial charge in [-0.3, -0.25) is 9.98 Å². The lowest BCUT2D eigenvalue weighted by Crippen LogP contribution is -2.31. The van der Waals surface area contributed by atoms with E-state index in [0.29, 0.717) is 0 Å². The fraction of sp³-hybridized carbons (Fsp3) is 0.500. The fourth-order valence-electron chi connectivity index (χ4n) is 1.53. The van der Waals surface area contributed by atoms with Crippen LogP contribution in [-0.4, -0.2) is 80.6 Å². The van der Waals surface area contributed by atoms with E-state index in [4.69, 9.17) is 0 Å². The van der Waals surface area contributed by atoms with Crippen LogP contribution in [0.5, 0.6) is 11.5 Å². The first kappa shape index (κ1) is 20.0. The Hall–Kier alpha value is -2.00. The highest BCUT2D eigenvalue weighted by Gasteiger charge is 2.21. The highest BCUT2D eigenvalue weighted by Crippen LogP contribution is 2.26. The molecule has 0 bridgehead atoms. The van der Waals surface area contributed by atoms with E-state index >= 15 is 0 Å². The molecule has 0 spiro atoms. The summed E-state index contributed by atoms with van der Waals surface area (Å²) in [6.07, 6.45) is 2.49. The molecule has 0 aromatic heterocycles. The van der Waals surface area contributed by atoms with Crippen LogP contribution in [0.3, 0.4) is 0 Å². The highest BCUT2D eigenvalue weighted by atomic mass is 16.3. The molecule has 0 aliphatic carbocycles. The third-order valence-corrected chi connectivity index (χ3v) is 3.57. The van der Waals surface area contributed by atoms with Crippen LogP contribution in [0.1, 0.15) is 25.0 Å². The molecule has 0 atom stereocenters. The van der Waals surface area contributed by atoms with Crippen molar-refractivity contribution in [2.45, 2.75) is 24.9 Å². The Labute approximate surface area is 140 Å². The number of hydrogen-bond donors (Lipinski definition) is 6. The quantitative estimate of drug-likeness (QED) is 0.276. The second-order valence-electron chi connectivity index (χ2n) is 6.11. The van der Waals surface area contributed by atoms with Gasteiger partial charge in [0.2, 0.25) is 0 Å². The smallest absolute Gasteiger partial charge is 0.125 e. The zero-order valence-corrected chi connectivity index (χ0v) is 13.7. The Morgan fingerprint density at radius 3 is 1.29 bits per heavy atom. The predicted octanol–water partition coefficient (Wildman–Crippen LogP) is -0.578. The molecule has 1 aromatic rings. The minimum atomic E-state index is -1.09. The molecule has 8 heteroatoms. The van der Waals surface area contributed by atoms with Crippen LogP contribution in [-0.2, 0) is 0 Å². The van der Waals surface area contributed by atoms with Crippen LogP contribution in [0.4, 0.5) is 0 Å². The lowest BCUT2D eigenvalue weighted by Gasteiger charge is -2.19. The van der Waals surface area contributed by atoms with E-state index in [1.54, 1.807) is 0 Å². The maximum atomic E-state index is 10.0. The van der Waals surface area contributed by atoms with E-state index in [9.17, 15) is 30.6 Å². The zero-order chi connectivity index (χ0) is 18.4. The summed E-state index contributed by atoms with van der Waals surface area (Å²) < 4.78 is 0. The molecular formula is C16H24N2O6. The average molecular weight is 340 g/mol. The van der Waals surface area contributed by atoms with E-state index in [2.05, 4.69) is 9.98 Å². The SMILES string of the molecule is CC(CO)(CO)N=Cc1cc(O)c(C=NC(C)(CO)CO)cc1O. The van der Waals surface area contributed by atoms with Gasteiger partial charge in [0, 0.05) is 23.6 Å². The second kappa shape index (κ2) is 8.20. The van der Waals surface area contributed by atoms with Gasteiger partial charge in [-0.2, -0.15) is 0 Å². The highest BCUT2D eigenvalue weighted by molar-refractivity contribution is 5.90. The molecule has 0 radical (unpaired) electrons. The Kier molecular flexibility index (Phi) is 6.85. The summed E-state index contributed by atoms with van der Waals surface area (Å²) in [6.45, 7) is 1.56. The summed E-state index contributed by atoms with van der Waals surface area (Å²) in [7, 11) is 0. The Morgan fingerprint density at radius 2 is 1.04 bits per heavy atom. The summed E-state index contributed by atoms with van der Waals surface area (Å²) in [4.78, 5) is 8.02. The van der Waals surface area contributed by atoms with E-state index in [1.807, 2.05) is 0 Å². The van der Waals surface area contributed by atoms with Gasteiger partial charge in [-0.1, -0.05) is 0 Å². The van der Waals surface area contributed by atoms with Crippen LogP contribution in [0, 0.1) is 0 Å². The number of hydrogen-bond acceptors (Lipinski definition) is 8. The Bertz CT molecular complexity index is 553. The first-order chi connectivity index (χ1) is 11.2. The third-order valence-electron chi connectivity index (χ3n) is 3.57. The first-order valence-corrected chi connectivity index (χ1v) is 7.32. The number of nitrogens with zero attached hydrogens (tertiary/aromatic N) is 2. The summed E-state index contributed by atoms with van der Waals surface area (Å²) >= 11 is 0. The third kappa shape index (κ3) is 5.00. The van der Waals surface area contributed by atoms with Crippen molar-refractivity contribution in [3.63, 3.8) is 0 Å². The van der Waals surface area contributed by atoms with Crippen LogP contribution < -0.4 is 0 Å². The van der Waals surface area contributed by atoms with Crippen molar-refractivity contribution in [2.75, 3.05) is 26.4 Å². The van der Waals surface area contributed by atoms with Crippen molar-refractivity contribution in [3.8, 4) is 11.5 Å². The Morgan fingerprint density at radius 1 is 0.750 bits per heavy atom. The van der Waals surface area contributed by atoms with E-state index in [-0.39, 0.29) is 49.1 Å². The van der Waals surface area contributed by atoms with E-state index < -0.39 is 11.1 Å². The normalized spacial score (nSPS) is 13.2. The van der Waals surface area contributed by atoms with Gasteiger partial charge in [-0.05, 0) is 26.0 Å². The summed E-state index contributed by atoms with van der Waals surface area (Å²) in [6, 6.07) is 2.51. The van der Waals surface area contributed by atoms with Crippen LogP contribution in [0.25, 0.3) is 0 Å². The number of aliphatic hydroxyl groups excluding tert-OH is 4. The van der Waals surface area contributed by atoms with Crippen molar-refractivity contribution in [2.24, 2.45) is 9.98 Å². The number of phenols is 2. The van der Waals surface area contributed by atoms with Crippen molar-refractivity contribution in [1.29, 1.82) is 0 Å². The van der Waals surface area contributed by atoms with E-state index in [0.717, 1.165) is 0 Å². The molecule has 0 aliphatic heterocycles. The fourth-order valence-corrected chi connectivity index (χ4v) is 1.53. The molecule has 134 valence electrons. The molecule has 0 unspecified atom stereocenters. The minimum absolute atomic E-state index is 0.189. The number of phenolic OH excluding ortho intramolecular Hbond substituents is 2. The van der Waals surface area contributed by atoms with Crippen LogP contribution in [0.15, 0.2) is 22.1 Å². The Balaban J connectivity index is 3.11. The lowest BCUT2D eigenvalue weighted by molar-refractivity contribution is 0.136. The number of aliphatic hydroxyl groups is 4. The minimum Gasteiger partial charge on any atom is -0.507 e. The van der Waals surface area contributed by atoms with Gasteiger partial charge >= 0.3 is 0 Å². The van der Waals surface area contributed by atoms with Gasteiger partial charge in [0.15, 0.2) is 0 Å². The largest absolute Gasteiger partial charge is 0.507 e. The molecule has 24 heavy (non-hydrogen) atoms. The van der Waals surface area contributed by atoms with Gasteiger partial charge < -0.3 is 30.6 Å². The summed E-state index contributed by atoms with van der Waals surface area (Å²) in [5.74, 6) is -0.378. The van der Waals surface area contributed by atoms with Gasteiger partial charge in [0.1, 0.15) is 22.6 Å². The molecular weight excluding hydrogens is 316 g/mol. The second-order valence-corrected chi connectivity index (χ2v) is 6.11. The van der Waals surface area contributed by atoms with Crippen molar-refractivity contribution in [1.82, 2.24) is 0 Å². The van der Waals surface area contributed by atoms with Crippen molar-refractivity contribution in [3.05, 3.63) is 23.3 Å². The average Bonchev–Trinajstić information content (AvgIpc) is 2.60. The maximum Gasteiger partial charge on any atom is 0.125 e. The molecule has 0 saturated heterocycles. The number of aromatic hydroxyl groups is 2. The van der Waals surface area contributed by atoms with Gasteiger partial charge in [-0.25, -0.2) is 0 Å². The standard InChI is InChI=1S/C16H24N2O6/c1-15(7-19,8-20)17-5-11-3-14(24)12(4-13(11)23)6-18-16(2,9-21)10-22/h3-6,19-24H,7-10H2,1-2H3. The molecule has 0 fully saturated rings. The maximum absolute atomic E-state index is 10.0. The molecule has 0 aliphatic rings. The van der Waals surface area contributed by atoms with Crippen LogP contribution in [0.2, 0.25) is 0 Å². The van der Waals surface area contributed by atoms with Gasteiger partial charge in [0.05, 0.1) is 26.4 Å². The number of benzene rings is 1. The molecule has 6 N–H and O–H groups in total. The first-order valence-electron chi connectivity index (χ1n) is 7.32. The van der Waals surface area contributed by atoms with Crippen molar-refractivity contribution >= 4 is 12.4 Å². The molecule has 0 amide bonds. The zero-order valence-electron chi connectivity index (χ0n) is 13.7. The summed E-state index contributed by atoms with van der Waals surface area (Å²) in [5, 5.41) is 56.7. The topological polar surface area (TPSA) is 146 Å². The van der Waals surface area contributed by atoms with Gasteiger partial charge in [0.25, 0.3) is 0 Å².